The summed E-state index contributed by atoms with van der Waals surface area (Å²) in [6.45, 7) is 3.63. The van der Waals surface area contributed by atoms with Gasteiger partial charge in [0.15, 0.2) is 11.5 Å². The Bertz CT molecular complexity index is 1160. The van der Waals surface area contributed by atoms with Gasteiger partial charge in [0.05, 0.1) is 12.7 Å². The molecule has 3 rings (SSSR count). The van der Waals surface area contributed by atoms with Crippen molar-refractivity contribution in [3.8, 4) is 28.7 Å². The van der Waals surface area contributed by atoms with Crippen molar-refractivity contribution in [3.05, 3.63) is 81.3 Å². The molecule has 1 heterocycles. The standard InChI is InChI=1S/C22H18N2O4/c1-13-5-4-6-16(9-13)22(26)28-19-8-7-15(11-20(19)27-3)17-10-14(2)24-21(25)18(17)12-23/h4-11H,1-3H3,(H,24,25). The van der Waals surface area contributed by atoms with Gasteiger partial charge in [-0.15, -0.1) is 0 Å². The lowest BCUT2D eigenvalue weighted by atomic mass is 10.0. The van der Waals surface area contributed by atoms with E-state index in [1.165, 1.54) is 7.11 Å². The van der Waals surface area contributed by atoms with Crippen molar-refractivity contribution >= 4 is 5.97 Å². The van der Waals surface area contributed by atoms with Crippen molar-refractivity contribution in [2.24, 2.45) is 0 Å². The second-order valence-electron chi connectivity index (χ2n) is 6.31. The first-order valence-electron chi connectivity index (χ1n) is 8.54. The summed E-state index contributed by atoms with van der Waals surface area (Å²) in [5.41, 5.74) is 2.67. The van der Waals surface area contributed by atoms with Gasteiger partial charge in [0, 0.05) is 11.3 Å². The van der Waals surface area contributed by atoms with Crippen LogP contribution in [0.1, 0.15) is 27.2 Å². The number of aromatic nitrogens is 1. The van der Waals surface area contributed by atoms with Crippen molar-refractivity contribution in [1.82, 2.24) is 4.98 Å². The quantitative estimate of drug-likeness (QED) is 0.554. The molecule has 28 heavy (non-hydrogen) atoms. The van der Waals surface area contributed by atoms with Crippen LogP contribution in [-0.4, -0.2) is 18.1 Å². The lowest BCUT2D eigenvalue weighted by Crippen LogP contribution is -2.13. The molecule has 0 bridgehead atoms. The molecule has 0 radical (unpaired) electrons. The Balaban J connectivity index is 1.99. The van der Waals surface area contributed by atoms with E-state index in [1.807, 2.05) is 19.1 Å². The van der Waals surface area contributed by atoms with Gasteiger partial charge in [-0.2, -0.15) is 5.26 Å². The van der Waals surface area contributed by atoms with E-state index in [0.29, 0.717) is 28.1 Å². The molecule has 6 heteroatoms. The number of rotatable bonds is 4. The zero-order valence-corrected chi connectivity index (χ0v) is 15.7. The van der Waals surface area contributed by atoms with Crippen LogP contribution in [0.5, 0.6) is 11.5 Å². The summed E-state index contributed by atoms with van der Waals surface area (Å²) in [5, 5.41) is 9.33. The Kier molecular flexibility index (Phi) is 5.28. The summed E-state index contributed by atoms with van der Waals surface area (Å²) in [5.74, 6) is 0.0672. The minimum Gasteiger partial charge on any atom is -0.493 e. The van der Waals surface area contributed by atoms with Crippen LogP contribution in [0.3, 0.4) is 0 Å². The number of carbonyl (C=O) groups excluding carboxylic acids is 1. The third-order valence-electron chi connectivity index (χ3n) is 4.21. The molecule has 140 valence electrons. The summed E-state index contributed by atoms with van der Waals surface area (Å²) in [6, 6.07) is 15.6. The van der Waals surface area contributed by atoms with Crippen molar-refractivity contribution in [2.75, 3.05) is 7.11 Å². The Hall–Kier alpha value is -3.85. The second-order valence-corrected chi connectivity index (χ2v) is 6.31. The summed E-state index contributed by atoms with van der Waals surface area (Å²) in [6.07, 6.45) is 0. The van der Waals surface area contributed by atoms with E-state index in [2.05, 4.69) is 4.98 Å². The fourth-order valence-electron chi connectivity index (χ4n) is 2.88. The first-order valence-corrected chi connectivity index (χ1v) is 8.54. The van der Waals surface area contributed by atoms with Crippen molar-refractivity contribution in [1.29, 1.82) is 5.26 Å². The van der Waals surface area contributed by atoms with Crippen LogP contribution in [0.4, 0.5) is 0 Å². The average molecular weight is 374 g/mol. The number of aryl methyl sites for hydroxylation is 2. The first kappa shape index (κ1) is 18.9. The number of nitrogens with zero attached hydrogens (tertiary/aromatic N) is 1. The molecule has 0 fully saturated rings. The molecule has 1 N–H and O–H groups in total. The summed E-state index contributed by atoms with van der Waals surface area (Å²) >= 11 is 0. The molecule has 0 atom stereocenters. The molecule has 0 saturated carbocycles. The van der Waals surface area contributed by atoms with Crippen LogP contribution < -0.4 is 15.0 Å². The lowest BCUT2D eigenvalue weighted by Gasteiger charge is -2.12. The zero-order chi connectivity index (χ0) is 20.3. The molecule has 0 aliphatic rings. The van der Waals surface area contributed by atoms with Crippen LogP contribution >= 0.6 is 0 Å². The molecule has 6 nitrogen and oxygen atoms in total. The van der Waals surface area contributed by atoms with Crippen LogP contribution in [0, 0.1) is 25.2 Å². The highest BCUT2D eigenvalue weighted by Crippen LogP contribution is 2.34. The number of aromatic amines is 1. The molecule has 0 unspecified atom stereocenters. The molecule has 0 aliphatic carbocycles. The van der Waals surface area contributed by atoms with E-state index in [1.54, 1.807) is 49.4 Å². The third-order valence-corrected chi connectivity index (χ3v) is 4.21. The Morgan fingerprint density at radius 3 is 2.54 bits per heavy atom. The number of ether oxygens (including phenoxy) is 2. The number of carbonyl (C=O) groups is 1. The predicted octanol–water partition coefficient (Wildman–Crippen LogP) is 3.76. The Labute approximate surface area is 162 Å². The number of nitrogens with one attached hydrogen (secondary N) is 1. The SMILES string of the molecule is COc1cc(-c2cc(C)[nH]c(=O)c2C#N)ccc1OC(=O)c1cccc(C)c1. The van der Waals surface area contributed by atoms with E-state index < -0.39 is 11.5 Å². The molecular formula is C22H18N2O4. The van der Waals surface area contributed by atoms with Gasteiger partial charge in [0.25, 0.3) is 5.56 Å². The topological polar surface area (TPSA) is 92.2 Å². The normalized spacial score (nSPS) is 10.2. The fourth-order valence-corrected chi connectivity index (χ4v) is 2.88. The molecule has 0 spiro atoms. The van der Waals surface area contributed by atoms with Crippen molar-refractivity contribution in [3.63, 3.8) is 0 Å². The van der Waals surface area contributed by atoms with Gasteiger partial charge in [0.2, 0.25) is 0 Å². The maximum atomic E-state index is 12.4. The molecule has 0 saturated heterocycles. The fraction of sp³-hybridized carbons (Fsp3) is 0.136. The Morgan fingerprint density at radius 2 is 1.86 bits per heavy atom. The molecule has 3 aromatic rings. The number of hydrogen-bond donors (Lipinski definition) is 1. The van der Waals surface area contributed by atoms with E-state index in [-0.39, 0.29) is 11.3 Å². The second kappa shape index (κ2) is 7.80. The van der Waals surface area contributed by atoms with Gasteiger partial charge in [-0.1, -0.05) is 23.8 Å². The van der Waals surface area contributed by atoms with Gasteiger partial charge >= 0.3 is 5.97 Å². The monoisotopic (exact) mass is 374 g/mol. The summed E-state index contributed by atoms with van der Waals surface area (Å²) in [7, 11) is 1.46. The van der Waals surface area contributed by atoms with Gasteiger partial charge in [-0.05, 0) is 49.7 Å². The lowest BCUT2D eigenvalue weighted by molar-refractivity contribution is 0.0729. The smallest absolute Gasteiger partial charge is 0.343 e. The first-order chi connectivity index (χ1) is 13.4. The van der Waals surface area contributed by atoms with Crippen LogP contribution in [0.15, 0.2) is 53.3 Å². The number of hydrogen-bond acceptors (Lipinski definition) is 5. The molecule has 0 amide bonds. The number of pyridine rings is 1. The molecule has 2 aromatic carbocycles. The zero-order valence-electron chi connectivity index (χ0n) is 15.7. The van der Waals surface area contributed by atoms with Crippen molar-refractivity contribution < 1.29 is 14.3 Å². The highest BCUT2D eigenvalue weighted by Gasteiger charge is 2.16. The summed E-state index contributed by atoms with van der Waals surface area (Å²) in [4.78, 5) is 27.1. The number of esters is 1. The number of benzene rings is 2. The number of nitriles is 1. The summed E-state index contributed by atoms with van der Waals surface area (Å²) < 4.78 is 10.8. The van der Waals surface area contributed by atoms with Crippen LogP contribution in [0.2, 0.25) is 0 Å². The van der Waals surface area contributed by atoms with Gasteiger partial charge in [-0.25, -0.2) is 4.79 Å². The maximum Gasteiger partial charge on any atom is 0.343 e. The van der Waals surface area contributed by atoms with E-state index in [9.17, 15) is 14.9 Å². The van der Waals surface area contributed by atoms with E-state index in [4.69, 9.17) is 9.47 Å². The number of H-pyrrole nitrogens is 1. The van der Waals surface area contributed by atoms with E-state index in [0.717, 1.165) is 5.56 Å². The minimum atomic E-state index is -0.500. The van der Waals surface area contributed by atoms with Gasteiger partial charge < -0.3 is 14.5 Å². The maximum absolute atomic E-state index is 12.4. The predicted molar refractivity (Wildman–Crippen MR) is 105 cm³/mol. The van der Waals surface area contributed by atoms with Crippen LogP contribution in [-0.2, 0) is 0 Å². The van der Waals surface area contributed by atoms with Crippen molar-refractivity contribution in [2.45, 2.75) is 13.8 Å². The molecule has 1 aromatic heterocycles. The minimum absolute atomic E-state index is 0.0113. The highest BCUT2D eigenvalue weighted by molar-refractivity contribution is 5.91. The molecule has 0 aliphatic heterocycles. The van der Waals surface area contributed by atoms with Gasteiger partial charge in [-0.3, -0.25) is 4.79 Å². The third kappa shape index (κ3) is 3.79. The van der Waals surface area contributed by atoms with E-state index >= 15 is 0 Å². The van der Waals surface area contributed by atoms with Crippen LogP contribution in [0.25, 0.3) is 11.1 Å². The number of methoxy groups -OCH3 is 1. The Morgan fingerprint density at radius 1 is 1.07 bits per heavy atom. The van der Waals surface area contributed by atoms with Gasteiger partial charge in [0.1, 0.15) is 11.6 Å². The molecular weight excluding hydrogens is 356 g/mol. The highest BCUT2D eigenvalue weighted by atomic mass is 16.6. The largest absolute Gasteiger partial charge is 0.493 e. The average Bonchev–Trinajstić information content (AvgIpc) is 2.67.